The van der Waals surface area contributed by atoms with Crippen LogP contribution >= 0.6 is 0 Å². The molecule has 0 spiro atoms. The predicted octanol–water partition coefficient (Wildman–Crippen LogP) is 4.28. The van der Waals surface area contributed by atoms with Gasteiger partial charge in [-0.15, -0.1) is 0 Å². The molecule has 2 rings (SSSR count). The minimum absolute atomic E-state index is 0.119. The largest absolute Gasteiger partial charge is 0.423 e. The number of hydrogen-bond donors (Lipinski definition) is 2. The van der Waals surface area contributed by atoms with Crippen LogP contribution in [0.25, 0.3) is 0 Å². The van der Waals surface area contributed by atoms with Crippen LogP contribution < -0.4 is 10.6 Å². The molecule has 0 radical (unpaired) electrons. The molecule has 0 aliphatic carbocycles. The third-order valence-electron chi connectivity index (χ3n) is 3.85. The van der Waals surface area contributed by atoms with Crippen LogP contribution in [-0.4, -0.2) is 16.7 Å². The summed E-state index contributed by atoms with van der Waals surface area (Å²) in [6, 6.07) is 5.91. The van der Waals surface area contributed by atoms with E-state index in [4.69, 9.17) is 0 Å². The lowest BCUT2D eigenvalue weighted by Gasteiger charge is -2.11. The van der Waals surface area contributed by atoms with Crippen LogP contribution in [0.2, 0.25) is 0 Å². The Bertz CT molecular complexity index is 1000. The molecule has 13 heteroatoms. The first kappa shape index (κ1) is 23.6. The maximum Gasteiger partial charge on any atom is 0.423 e. The summed E-state index contributed by atoms with van der Waals surface area (Å²) in [6.45, 7) is -0.314. The van der Waals surface area contributed by atoms with Gasteiger partial charge in [-0.3, -0.25) is 19.7 Å². The van der Waals surface area contributed by atoms with Crippen molar-refractivity contribution in [3.63, 3.8) is 0 Å². The summed E-state index contributed by atoms with van der Waals surface area (Å²) in [7, 11) is 0. The molecule has 0 aliphatic heterocycles. The van der Waals surface area contributed by atoms with Gasteiger partial charge in [0.2, 0.25) is 11.8 Å². The highest BCUT2D eigenvalue weighted by molar-refractivity contribution is 6.03. The zero-order valence-corrected chi connectivity index (χ0v) is 15.3. The molecule has 2 aromatic rings. The van der Waals surface area contributed by atoms with Gasteiger partial charge in [0, 0.05) is 18.3 Å². The minimum Gasteiger partial charge on any atom is -0.352 e. The lowest BCUT2D eigenvalue weighted by atomic mass is 10.1. The summed E-state index contributed by atoms with van der Waals surface area (Å²) in [5.74, 6) is -1.92. The molecule has 166 valence electrons. The van der Waals surface area contributed by atoms with Crippen molar-refractivity contribution in [2.24, 2.45) is 0 Å². The van der Waals surface area contributed by atoms with E-state index in [1.165, 1.54) is 6.07 Å². The van der Waals surface area contributed by atoms with Gasteiger partial charge in [-0.05, 0) is 29.8 Å². The third kappa shape index (κ3) is 6.69. The number of nitrogens with zero attached hydrogens (tertiary/aromatic N) is 1. The van der Waals surface area contributed by atoms with Crippen molar-refractivity contribution in [3.05, 3.63) is 69.3 Å². The molecule has 0 atom stereocenters. The Labute approximate surface area is 170 Å². The van der Waals surface area contributed by atoms with E-state index in [1.54, 1.807) is 0 Å². The first-order chi connectivity index (χ1) is 14.3. The van der Waals surface area contributed by atoms with Gasteiger partial charge < -0.3 is 10.6 Å². The fraction of sp³-hybridized carbons (Fsp3) is 0.222. The molecular weight excluding hydrogens is 436 g/mol. The summed E-state index contributed by atoms with van der Waals surface area (Å²) in [5, 5.41) is 14.9. The lowest BCUT2D eigenvalue weighted by molar-refractivity contribution is -0.388. The number of nitro groups is 1. The second-order valence-electron chi connectivity index (χ2n) is 6.19. The van der Waals surface area contributed by atoms with Gasteiger partial charge in [-0.2, -0.15) is 26.3 Å². The molecule has 0 unspecified atom stereocenters. The van der Waals surface area contributed by atoms with Crippen molar-refractivity contribution in [2.45, 2.75) is 25.3 Å². The van der Waals surface area contributed by atoms with E-state index in [1.807, 2.05) is 5.32 Å². The monoisotopic (exact) mass is 449 g/mol. The van der Waals surface area contributed by atoms with Gasteiger partial charge in [-0.1, -0.05) is 12.1 Å². The van der Waals surface area contributed by atoms with E-state index in [0.29, 0.717) is 12.1 Å². The first-order valence-corrected chi connectivity index (χ1v) is 8.35. The molecule has 0 aromatic heterocycles. The lowest BCUT2D eigenvalue weighted by Crippen LogP contribution is -2.28. The smallest absolute Gasteiger partial charge is 0.352 e. The zero-order valence-electron chi connectivity index (χ0n) is 15.3. The normalized spacial score (nSPS) is 11.7. The van der Waals surface area contributed by atoms with Crippen LogP contribution in [0.4, 0.5) is 37.7 Å². The molecule has 0 heterocycles. The van der Waals surface area contributed by atoms with Gasteiger partial charge in [-0.25, -0.2) is 0 Å². The van der Waals surface area contributed by atoms with E-state index < -0.39 is 58.0 Å². The summed E-state index contributed by atoms with van der Waals surface area (Å²) < 4.78 is 76.9. The fourth-order valence-corrected chi connectivity index (χ4v) is 2.47. The molecule has 0 saturated carbocycles. The quantitative estimate of drug-likeness (QED) is 0.298. The van der Waals surface area contributed by atoms with E-state index in [2.05, 4.69) is 5.32 Å². The first-order valence-electron chi connectivity index (χ1n) is 8.35. The topological polar surface area (TPSA) is 101 Å². The summed E-state index contributed by atoms with van der Waals surface area (Å²) in [5.41, 5.74) is -4.01. The number of halogens is 6. The number of anilines is 1. The Morgan fingerprint density at radius 1 is 0.935 bits per heavy atom. The van der Waals surface area contributed by atoms with Crippen LogP contribution in [-0.2, 0) is 28.5 Å². The number of carbonyl (C=O) groups is 2. The Morgan fingerprint density at radius 2 is 1.61 bits per heavy atom. The van der Waals surface area contributed by atoms with Crippen LogP contribution in [0, 0.1) is 10.1 Å². The van der Waals surface area contributed by atoms with Crippen molar-refractivity contribution in [3.8, 4) is 0 Å². The highest BCUT2D eigenvalue weighted by Crippen LogP contribution is 2.37. The van der Waals surface area contributed by atoms with Gasteiger partial charge in [0.25, 0.3) is 5.69 Å². The third-order valence-corrected chi connectivity index (χ3v) is 3.85. The number of hydrogen-bond acceptors (Lipinski definition) is 4. The van der Waals surface area contributed by atoms with Crippen LogP contribution in [0.1, 0.15) is 23.1 Å². The summed E-state index contributed by atoms with van der Waals surface area (Å²) >= 11 is 0. The molecule has 0 saturated heterocycles. The van der Waals surface area contributed by atoms with Crippen LogP contribution in [0.5, 0.6) is 0 Å². The van der Waals surface area contributed by atoms with Crippen molar-refractivity contribution < 1.29 is 40.9 Å². The molecule has 2 amide bonds. The number of nitro benzene ring substituents is 1. The number of amides is 2. The van der Waals surface area contributed by atoms with E-state index in [-0.39, 0.29) is 12.1 Å². The molecule has 0 bridgehead atoms. The molecule has 0 fully saturated rings. The molecule has 2 N–H and O–H groups in total. The highest BCUT2D eigenvalue weighted by Gasteiger charge is 2.38. The summed E-state index contributed by atoms with van der Waals surface area (Å²) in [4.78, 5) is 33.2. The molecular formula is C18H13F6N3O4. The second kappa shape index (κ2) is 9.02. The molecule has 7 nitrogen and oxygen atoms in total. The molecule has 31 heavy (non-hydrogen) atoms. The fourth-order valence-electron chi connectivity index (χ4n) is 2.47. The van der Waals surface area contributed by atoms with Crippen molar-refractivity contribution in [1.29, 1.82) is 0 Å². The molecule has 2 aromatic carbocycles. The summed E-state index contributed by atoms with van der Waals surface area (Å²) in [6.07, 6.45) is -10.5. The molecule has 0 aliphatic rings. The van der Waals surface area contributed by atoms with Crippen LogP contribution in [0.15, 0.2) is 42.5 Å². The SMILES string of the molecule is O=C(CC(=O)Nc1ccc([N+](=O)[O-])c(C(F)(F)F)c1)NCc1cccc(C(F)(F)F)c1. The number of alkyl halides is 6. The van der Waals surface area contributed by atoms with Gasteiger partial charge in [0.15, 0.2) is 0 Å². The average molecular weight is 449 g/mol. The average Bonchev–Trinajstić information content (AvgIpc) is 2.65. The van der Waals surface area contributed by atoms with Crippen molar-refractivity contribution in [2.75, 3.05) is 5.32 Å². The van der Waals surface area contributed by atoms with Gasteiger partial charge in [0.05, 0.1) is 10.5 Å². The standard InChI is InChI=1S/C18H13F6N3O4/c19-17(20,21)11-3-1-2-10(6-11)9-25-15(28)8-16(29)26-12-4-5-14(27(30)31)13(7-12)18(22,23)24/h1-7H,8-9H2,(H,25,28)(H,26,29). The van der Waals surface area contributed by atoms with Crippen molar-refractivity contribution >= 4 is 23.2 Å². The maximum absolute atomic E-state index is 12.9. The van der Waals surface area contributed by atoms with Gasteiger partial charge >= 0.3 is 12.4 Å². The Hall–Kier alpha value is -3.64. The second-order valence-corrected chi connectivity index (χ2v) is 6.19. The van der Waals surface area contributed by atoms with Gasteiger partial charge in [0.1, 0.15) is 12.0 Å². The van der Waals surface area contributed by atoms with Crippen LogP contribution in [0.3, 0.4) is 0 Å². The number of benzene rings is 2. The minimum atomic E-state index is -5.05. The van der Waals surface area contributed by atoms with E-state index in [0.717, 1.165) is 24.3 Å². The number of rotatable bonds is 6. The Kier molecular flexibility index (Phi) is 6.88. The number of carbonyl (C=O) groups excluding carboxylic acids is 2. The van der Waals surface area contributed by atoms with Crippen molar-refractivity contribution in [1.82, 2.24) is 5.32 Å². The number of nitrogens with one attached hydrogen (secondary N) is 2. The Morgan fingerprint density at radius 3 is 2.19 bits per heavy atom. The Balaban J connectivity index is 1.99. The zero-order chi connectivity index (χ0) is 23.4. The van der Waals surface area contributed by atoms with E-state index >= 15 is 0 Å². The highest BCUT2D eigenvalue weighted by atomic mass is 19.4. The van der Waals surface area contributed by atoms with E-state index in [9.17, 15) is 46.0 Å². The predicted molar refractivity (Wildman–Crippen MR) is 94.6 cm³/mol. The maximum atomic E-state index is 12.9.